The second-order valence-electron chi connectivity index (χ2n) is 1.94. The number of halogens is 1. The Balaban J connectivity index is 0.000000791. The van der Waals surface area contributed by atoms with Crippen molar-refractivity contribution in [3.63, 3.8) is 0 Å². The number of hydrogen-bond acceptors (Lipinski definition) is 4. The van der Waals surface area contributed by atoms with Crippen molar-refractivity contribution in [3.8, 4) is 0 Å². The van der Waals surface area contributed by atoms with E-state index in [-0.39, 0.29) is 5.17 Å². The summed E-state index contributed by atoms with van der Waals surface area (Å²) in [4.78, 5) is 3.98. The average Bonchev–Trinajstić information content (AvgIpc) is 2.22. The first kappa shape index (κ1) is 13.5. The summed E-state index contributed by atoms with van der Waals surface area (Å²) in [6, 6.07) is 5.48. The minimum atomic E-state index is 0.0159. The zero-order valence-corrected chi connectivity index (χ0v) is 10.8. The summed E-state index contributed by atoms with van der Waals surface area (Å²) in [6.45, 7) is 0. The van der Waals surface area contributed by atoms with Gasteiger partial charge in [0.2, 0.25) is 0 Å². The van der Waals surface area contributed by atoms with Crippen molar-refractivity contribution in [1.29, 1.82) is 0 Å². The molecule has 0 radical (unpaired) electrons. The molecule has 1 aromatic rings. The molecular formula is C7H7ClN4PtS. The van der Waals surface area contributed by atoms with Gasteiger partial charge < -0.3 is 18.4 Å². The Kier molecular flexibility index (Phi) is 8.73. The molecule has 0 bridgehead atoms. The van der Waals surface area contributed by atoms with Crippen LogP contribution in [0.5, 0.6) is 0 Å². The minimum absolute atomic E-state index is 0.0159. The third-order valence-electron chi connectivity index (χ3n) is 1.03. The molecule has 1 rings (SSSR count). The van der Waals surface area contributed by atoms with Crippen molar-refractivity contribution >= 4 is 33.4 Å². The quantitative estimate of drug-likeness (QED) is 0.342. The van der Waals surface area contributed by atoms with Gasteiger partial charge >= 0.3 is 28.2 Å². The first-order valence-electron chi connectivity index (χ1n) is 3.35. The summed E-state index contributed by atoms with van der Waals surface area (Å²) in [6.07, 6.45) is 3.15. The number of aromatic nitrogens is 1. The van der Waals surface area contributed by atoms with Gasteiger partial charge in [0.25, 0.3) is 0 Å². The van der Waals surface area contributed by atoms with E-state index in [1.807, 2.05) is 12.1 Å². The zero-order valence-electron chi connectivity index (χ0n) is 6.91. The molecule has 7 heteroatoms. The van der Waals surface area contributed by atoms with Crippen LogP contribution in [0.25, 0.3) is 0 Å². The molecule has 1 aromatic heterocycles. The molecule has 0 aliphatic carbocycles. The summed E-state index contributed by atoms with van der Waals surface area (Å²) >= 11 is 6.10. The first-order valence-corrected chi connectivity index (χ1v) is 6.58. The Morgan fingerprint density at radius 2 is 2.29 bits per heavy atom. The first-order chi connectivity index (χ1) is 6.79. The van der Waals surface area contributed by atoms with E-state index in [2.05, 4.69) is 37.2 Å². The zero-order chi connectivity index (χ0) is 10.8. The maximum absolute atomic E-state index is 5.09. The Morgan fingerprint density at radius 3 is 2.79 bits per heavy atom. The molecular weight excluding hydrogens is 403 g/mol. The fourth-order valence-corrected chi connectivity index (χ4v) is 0.644. The molecule has 0 saturated carbocycles. The van der Waals surface area contributed by atoms with E-state index >= 15 is 0 Å². The fourth-order valence-electron chi connectivity index (χ4n) is 0.597. The Hall–Kier alpha value is -0.512. The Bertz CT molecular complexity index is 300. The number of amidine groups is 1. The van der Waals surface area contributed by atoms with Crippen molar-refractivity contribution in [2.45, 2.75) is 0 Å². The molecule has 0 aromatic carbocycles. The van der Waals surface area contributed by atoms with Crippen LogP contribution in [0.15, 0.2) is 34.6 Å². The summed E-state index contributed by atoms with van der Waals surface area (Å²) in [5, 5.41) is 7.09. The van der Waals surface area contributed by atoms with Crippen LogP contribution >= 0.6 is 9.42 Å². The monoisotopic (exact) mass is 409 g/mol. The molecule has 4 nitrogen and oxygen atoms in total. The van der Waals surface area contributed by atoms with Crippen molar-refractivity contribution in [2.75, 3.05) is 0 Å². The third kappa shape index (κ3) is 6.95. The molecule has 0 amide bonds. The van der Waals surface area contributed by atoms with Gasteiger partial charge in [-0.25, -0.2) is 0 Å². The van der Waals surface area contributed by atoms with Gasteiger partial charge in [-0.1, -0.05) is 6.07 Å². The van der Waals surface area contributed by atoms with Crippen molar-refractivity contribution in [2.24, 2.45) is 15.9 Å². The molecule has 0 fully saturated rings. The van der Waals surface area contributed by atoms with Gasteiger partial charge in [0.05, 0.1) is 11.9 Å². The standard InChI is InChI=1S/C7H8N4S.ClH.Pt/c8-7(12)11-10-5-6-3-1-2-4-9-6;;/h1-5H,(H3,8,11,12);1H;/q;;+2/p-2/b10-5-;;. The molecule has 0 aliphatic heterocycles. The average molecular weight is 410 g/mol. The van der Waals surface area contributed by atoms with Crippen LogP contribution in [0.4, 0.5) is 0 Å². The van der Waals surface area contributed by atoms with Crippen LogP contribution in [0.2, 0.25) is 0 Å². The molecule has 14 heavy (non-hydrogen) atoms. The van der Waals surface area contributed by atoms with Gasteiger partial charge in [-0.2, -0.15) is 10.2 Å². The second kappa shape index (κ2) is 9.06. The van der Waals surface area contributed by atoms with E-state index in [0.717, 1.165) is 5.69 Å². The molecule has 0 atom stereocenters. The topological polar surface area (TPSA) is 63.6 Å². The normalized spacial score (nSPS) is 10.9. The number of nitrogens with two attached hydrogens (primary N) is 1. The van der Waals surface area contributed by atoms with Gasteiger partial charge in [-0.15, -0.1) is 0 Å². The SMILES string of the molecule is N/C([S-])=N\N=C/c1ccccn1.[Cl][Pt+]. The molecule has 0 saturated heterocycles. The molecule has 1 heterocycles. The summed E-state index contributed by atoms with van der Waals surface area (Å²) < 4.78 is 0. The van der Waals surface area contributed by atoms with E-state index in [9.17, 15) is 0 Å². The second-order valence-corrected chi connectivity index (χ2v) is 2.36. The van der Waals surface area contributed by atoms with Crippen LogP contribution in [-0.4, -0.2) is 16.4 Å². The van der Waals surface area contributed by atoms with E-state index in [1.54, 1.807) is 31.0 Å². The van der Waals surface area contributed by atoms with Gasteiger partial charge in [0, 0.05) is 6.20 Å². The predicted molar refractivity (Wildman–Crippen MR) is 56.7 cm³/mol. The van der Waals surface area contributed by atoms with E-state index in [4.69, 9.17) is 5.73 Å². The van der Waals surface area contributed by atoms with Gasteiger partial charge in [0.1, 0.15) is 0 Å². The number of pyridine rings is 1. The maximum atomic E-state index is 5.09. The van der Waals surface area contributed by atoms with Crippen LogP contribution in [0, 0.1) is 0 Å². The van der Waals surface area contributed by atoms with Gasteiger partial charge in [-0.05, 0) is 17.3 Å². The molecule has 0 spiro atoms. The van der Waals surface area contributed by atoms with Crippen molar-refractivity contribution < 1.29 is 18.8 Å². The summed E-state index contributed by atoms with van der Waals surface area (Å²) in [5.41, 5.74) is 5.81. The number of rotatable bonds is 2. The van der Waals surface area contributed by atoms with Crippen LogP contribution in [0.1, 0.15) is 5.69 Å². The Labute approximate surface area is 103 Å². The van der Waals surface area contributed by atoms with E-state index in [1.165, 1.54) is 6.21 Å². The number of hydrogen-bond donors (Lipinski definition) is 1. The summed E-state index contributed by atoms with van der Waals surface area (Å²) in [7, 11) is 4.61. The van der Waals surface area contributed by atoms with Crippen molar-refractivity contribution in [1.82, 2.24) is 4.98 Å². The summed E-state index contributed by atoms with van der Waals surface area (Å²) in [5.74, 6) is 0. The predicted octanol–water partition coefficient (Wildman–Crippen LogP) is 0.964. The fraction of sp³-hybridized carbons (Fsp3) is 0. The van der Waals surface area contributed by atoms with Gasteiger partial charge in [-0.3, -0.25) is 4.98 Å². The molecule has 2 N–H and O–H groups in total. The Morgan fingerprint density at radius 1 is 1.57 bits per heavy atom. The third-order valence-corrected chi connectivity index (χ3v) is 1.12. The van der Waals surface area contributed by atoms with Crippen molar-refractivity contribution in [3.05, 3.63) is 30.1 Å². The molecule has 0 unspecified atom stereocenters. The van der Waals surface area contributed by atoms with E-state index < -0.39 is 0 Å². The molecule has 0 aliphatic rings. The number of nitrogens with zero attached hydrogens (tertiary/aromatic N) is 3. The van der Waals surface area contributed by atoms with Crippen LogP contribution < -0.4 is 5.73 Å². The van der Waals surface area contributed by atoms with Crippen LogP contribution in [0.3, 0.4) is 0 Å². The van der Waals surface area contributed by atoms with Gasteiger partial charge in [0.15, 0.2) is 0 Å². The van der Waals surface area contributed by atoms with E-state index in [0.29, 0.717) is 0 Å². The molecule has 78 valence electrons. The van der Waals surface area contributed by atoms with Crippen LogP contribution in [-0.2, 0) is 31.4 Å².